The highest BCUT2D eigenvalue weighted by molar-refractivity contribution is 7.92. The molecule has 0 saturated heterocycles. The Hall–Kier alpha value is -3.41. The Bertz CT molecular complexity index is 1850. The third kappa shape index (κ3) is 6.48. The molecular weight excluding hydrogens is 617 g/mol. The molecule has 1 aliphatic heterocycles. The molecule has 42 heavy (non-hydrogen) atoms. The SMILES string of the molecule is Cc1ccc(S(=O)(=O)N(CC(=O)Nc2ccc3c(c2)N(S(=O)(=O)c2ccc(Cl)cc2)CC3)Cc2cccc(Cl)c2)cc1. The van der Waals surface area contributed by atoms with Crippen LogP contribution in [0.5, 0.6) is 0 Å². The van der Waals surface area contributed by atoms with E-state index in [0.717, 1.165) is 15.4 Å². The molecule has 0 spiro atoms. The highest BCUT2D eigenvalue weighted by atomic mass is 35.5. The number of anilines is 2. The normalized spacial score (nSPS) is 13.3. The van der Waals surface area contributed by atoms with E-state index in [-0.39, 0.29) is 22.9 Å². The van der Waals surface area contributed by atoms with E-state index in [1.807, 2.05) is 6.92 Å². The summed E-state index contributed by atoms with van der Waals surface area (Å²) in [6.07, 6.45) is 0.512. The molecule has 1 aliphatic rings. The van der Waals surface area contributed by atoms with Crippen LogP contribution in [0.4, 0.5) is 11.4 Å². The molecule has 4 aromatic rings. The maximum absolute atomic E-state index is 13.6. The summed E-state index contributed by atoms with van der Waals surface area (Å²) < 4.78 is 56.3. The number of benzene rings is 4. The van der Waals surface area contributed by atoms with Crippen LogP contribution in [-0.2, 0) is 37.8 Å². The number of carbonyl (C=O) groups excluding carboxylic acids is 1. The van der Waals surface area contributed by atoms with Crippen molar-refractivity contribution in [2.24, 2.45) is 0 Å². The molecule has 12 heteroatoms. The van der Waals surface area contributed by atoms with Gasteiger partial charge in [-0.2, -0.15) is 4.31 Å². The number of hydrogen-bond donors (Lipinski definition) is 1. The molecule has 218 valence electrons. The van der Waals surface area contributed by atoms with Gasteiger partial charge in [0.05, 0.1) is 22.0 Å². The van der Waals surface area contributed by atoms with E-state index < -0.39 is 32.5 Å². The standard InChI is InChI=1S/C30H27Cl2N3O5S2/c1-21-5-11-27(12-6-21)41(37,38)34(19-22-3-2-4-25(32)17-22)20-30(36)33-26-10-7-23-15-16-35(29(23)18-26)42(39,40)28-13-8-24(31)9-14-28/h2-14,17-18H,15-16,19-20H2,1H3,(H,33,36). The Morgan fingerprint density at radius 1 is 0.857 bits per heavy atom. The van der Waals surface area contributed by atoms with Crippen molar-refractivity contribution in [1.82, 2.24) is 4.31 Å². The third-order valence-electron chi connectivity index (χ3n) is 6.85. The van der Waals surface area contributed by atoms with Crippen LogP contribution in [0.1, 0.15) is 16.7 Å². The number of nitrogens with zero attached hydrogens (tertiary/aromatic N) is 2. The fraction of sp³-hybridized carbons (Fsp3) is 0.167. The van der Waals surface area contributed by atoms with E-state index in [9.17, 15) is 21.6 Å². The van der Waals surface area contributed by atoms with Gasteiger partial charge in [-0.25, -0.2) is 16.8 Å². The minimum Gasteiger partial charge on any atom is -0.325 e. The van der Waals surface area contributed by atoms with Crippen LogP contribution in [0.25, 0.3) is 0 Å². The van der Waals surface area contributed by atoms with Gasteiger partial charge in [0.15, 0.2) is 0 Å². The zero-order chi connectivity index (χ0) is 30.1. The lowest BCUT2D eigenvalue weighted by atomic mass is 10.1. The van der Waals surface area contributed by atoms with Crippen molar-refractivity contribution in [3.8, 4) is 0 Å². The second-order valence-electron chi connectivity index (χ2n) is 9.89. The molecule has 0 atom stereocenters. The minimum absolute atomic E-state index is 0.0588. The number of carbonyl (C=O) groups is 1. The van der Waals surface area contributed by atoms with Gasteiger partial charge >= 0.3 is 0 Å². The lowest BCUT2D eigenvalue weighted by Crippen LogP contribution is -2.37. The van der Waals surface area contributed by atoms with Gasteiger partial charge in [0.2, 0.25) is 15.9 Å². The molecule has 1 heterocycles. The number of hydrogen-bond acceptors (Lipinski definition) is 5. The van der Waals surface area contributed by atoms with Crippen molar-refractivity contribution in [3.63, 3.8) is 0 Å². The number of nitrogens with one attached hydrogen (secondary N) is 1. The summed E-state index contributed by atoms with van der Waals surface area (Å²) in [7, 11) is -7.92. The first kappa shape index (κ1) is 30.1. The lowest BCUT2D eigenvalue weighted by molar-refractivity contribution is -0.116. The molecule has 0 aliphatic carbocycles. The summed E-state index contributed by atoms with van der Waals surface area (Å²) >= 11 is 12.1. The molecule has 0 radical (unpaired) electrons. The first-order valence-corrected chi connectivity index (χ1v) is 16.6. The van der Waals surface area contributed by atoms with Crippen molar-refractivity contribution >= 4 is 60.5 Å². The predicted octanol–water partition coefficient (Wildman–Crippen LogP) is 5.88. The quantitative estimate of drug-likeness (QED) is 0.245. The Labute approximate surface area is 255 Å². The molecule has 0 aromatic heterocycles. The van der Waals surface area contributed by atoms with Gasteiger partial charge in [-0.05, 0) is 85.1 Å². The lowest BCUT2D eigenvalue weighted by Gasteiger charge is -2.23. The summed E-state index contributed by atoms with van der Waals surface area (Å²) in [4.78, 5) is 13.4. The van der Waals surface area contributed by atoms with E-state index in [1.54, 1.807) is 54.6 Å². The number of sulfonamides is 2. The first-order chi connectivity index (χ1) is 19.9. The van der Waals surface area contributed by atoms with Gasteiger partial charge < -0.3 is 5.32 Å². The smallest absolute Gasteiger partial charge is 0.264 e. The third-order valence-corrected chi connectivity index (χ3v) is 11.0. The highest BCUT2D eigenvalue weighted by Gasteiger charge is 2.32. The van der Waals surface area contributed by atoms with E-state index >= 15 is 0 Å². The van der Waals surface area contributed by atoms with Crippen LogP contribution in [0.2, 0.25) is 10.0 Å². The van der Waals surface area contributed by atoms with Gasteiger partial charge in [-0.1, -0.05) is 59.1 Å². The molecule has 0 fully saturated rings. The predicted molar refractivity (Wildman–Crippen MR) is 165 cm³/mol. The van der Waals surface area contributed by atoms with Gasteiger partial charge in [0.25, 0.3) is 10.0 Å². The van der Waals surface area contributed by atoms with Crippen LogP contribution in [0, 0.1) is 6.92 Å². The molecule has 8 nitrogen and oxygen atoms in total. The summed E-state index contributed by atoms with van der Waals surface area (Å²) in [6, 6.07) is 24.1. The molecule has 0 bridgehead atoms. The molecule has 1 amide bonds. The molecule has 5 rings (SSSR count). The van der Waals surface area contributed by atoms with E-state index in [4.69, 9.17) is 23.2 Å². The molecular formula is C30H27Cl2N3O5S2. The van der Waals surface area contributed by atoms with Crippen LogP contribution in [-0.4, -0.2) is 40.1 Å². The monoisotopic (exact) mass is 643 g/mol. The summed E-state index contributed by atoms with van der Waals surface area (Å²) in [6.45, 7) is 1.54. The van der Waals surface area contributed by atoms with Gasteiger partial charge in [-0.15, -0.1) is 0 Å². The average Bonchev–Trinajstić information content (AvgIpc) is 3.37. The number of amides is 1. The topological polar surface area (TPSA) is 104 Å². The van der Waals surface area contributed by atoms with Gasteiger partial charge in [-0.3, -0.25) is 9.10 Å². The first-order valence-electron chi connectivity index (χ1n) is 13.0. The van der Waals surface area contributed by atoms with E-state index in [2.05, 4.69) is 5.32 Å². The van der Waals surface area contributed by atoms with Crippen molar-refractivity contribution in [3.05, 3.63) is 118 Å². The van der Waals surface area contributed by atoms with Crippen molar-refractivity contribution < 1.29 is 21.6 Å². The van der Waals surface area contributed by atoms with Crippen LogP contribution < -0.4 is 9.62 Å². The Kier molecular flexibility index (Phi) is 8.63. The van der Waals surface area contributed by atoms with Crippen LogP contribution >= 0.6 is 23.2 Å². The summed E-state index contributed by atoms with van der Waals surface area (Å²) in [5, 5.41) is 3.61. The summed E-state index contributed by atoms with van der Waals surface area (Å²) in [5.74, 6) is -0.585. The number of aryl methyl sites for hydroxylation is 1. The van der Waals surface area contributed by atoms with E-state index in [1.165, 1.54) is 40.7 Å². The number of fused-ring (bicyclic) bond motifs is 1. The number of halogens is 2. The van der Waals surface area contributed by atoms with E-state index in [0.29, 0.717) is 33.4 Å². The highest BCUT2D eigenvalue weighted by Crippen LogP contribution is 2.35. The average molecular weight is 645 g/mol. The fourth-order valence-electron chi connectivity index (χ4n) is 4.70. The Balaban J connectivity index is 1.39. The number of rotatable bonds is 9. The molecule has 4 aromatic carbocycles. The van der Waals surface area contributed by atoms with Gasteiger partial charge in [0.1, 0.15) is 0 Å². The zero-order valence-corrected chi connectivity index (χ0v) is 25.6. The Morgan fingerprint density at radius 2 is 1.55 bits per heavy atom. The minimum atomic E-state index is -4.06. The molecule has 0 unspecified atom stereocenters. The zero-order valence-electron chi connectivity index (χ0n) is 22.5. The molecule has 0 saturated carbocycles. The molecule has 1 N–H and O–H groups in total. The van der Waals surface area contributed by atoms with Crippen LogP contribution in [0.15, 0.2) is 101 Å². The maximum Gasteiger partial charge on any atom is 0.264 e. The Morgan fingerprint density at radius 3 is 2.24 bits per heavy atom. The maximum atomic E-state index is 13.6. The summed E-state index contributed by atoms with van der Waals surface area (Å²) in [5.41, 5.74) is 3.12. The van der Waals surface area contributed by atoms with Crippen LogP contribution in [0.3, 0.4) is 0 Å². The van der Waals surface area contributed by atoms with Gasteiger partial charge in [0, 0.05) is 28.8 Å². The largest absolute Gasteiger partial charge is 0.325 e. The fourth-order valence-corrected chi connectivity index (χ4v) is 7.91. The second-order valence-corrected chi connectivity index (χ2v) is 14.6. The second kappa shape index (κ2) is 12.1. The van der Waals surface area contributed by atoms with Crippen molar-refractivity contribution in [2.75, 3.05) is 22.7 Å². The van der Waals surface area contributed by atoms with Crippen molar-refractivity contribution in [2.45, 2.75) is 29.7 Å². The van der Waals surface area contributed by atoms with Crippen molar-refractivity contribution in [1.29, 1.82) is 0 Å².